The molecule has 1 fully saturated rings. The molecule has 1 saturated heterocycles. The quantitative estimate of drug-likeness (QED) is 0.481. The molecule has 0 N–H and O–H groups in total. The molecule has 3 heterocycles. The molecule has 2 aromatic heterocycles. The van der Waals surface area contributed by atoms with Crippen LogP contribution in [-0.2, 0) is 11.8 Å². The van der Waals surface area contributed by atoms with Crippen molar-refractivity contribution in [2.24, 2.45) is 7.05 Å². The third kappa shape index (κ3) is 4.02. The van der Waals surface area contributed by atoms with Gasteiger partial charge in [0.15, 0.2) is 0 Å². The van der Waals surface area contributed by atoms with Crippen LogP contribution in [-0.4, -0.2) is 45.3 Å². The van der Waals surface area contributed by atoms with E-state index in [-0.39, 0.29) is 12.0 Å². The number of morpholine rings is 1. The van der Waals surface area contributed by atoms with Gasteiger partial charge >= 0.3 is 0 Å². The number of benzene rings is 2. The Morgan fingerprint density at radius 3 is 2.45 bits per heavy atom. The highest BCUT2D eigenvalue weighted by atomic mass is 32.1. The number of carbonyl (C=O) groups excluding carboxylic acids is 1. The molecule has 0 unspecified atom stereocenters. The van der Waals surface area contributed by atoms with Gasteiger partial charge in [0.1, 0.15) is 16.0 Å². The summed E-state index contributed by atoms with van der Waals surface area (Å²) in [5, 5.41) is 5.08. The smallest absolute Gasteiger partial charge is 0.266 e. The molecule has 0 saturated carbocycles. The zero-order valence-corrected chi connectivity index (χ0v) is 18.0. The number of ether oxygens (including phenoxy) is 1. The number of rotatable bonds is 4. The van der Waals surface area contributed by atoms with Crippen LogP contribution in [0.4, 0.5) is 0 Å². The molecule has 0 bridgehead atoms. The van der Waals surface area contributed by atoms with E-state index in [1.807, 2.05) is 78.8 Å². The Kier molecular flexibility index (Phi) is 5.36. The van der Waals surface area contributed by atoms with Crippen LogP contribution in [0.5, 0.6) is 0 Å². The maximum atomic E-state index is 13.6. The fourth-order valence-corrected chi connectivity index (χ4v) is 4.81. The van der Waals surface area contributed by atoms with Gasteiger partial charge in [-0.1, -0.05) is 60.7 Å². The largest absolute Gasteiger partial charge is 0.370 e. The molecule has 0 radical (unpaired) electrons. The van der Waals surface area contributed by atoms with Gasteiger partial charge in [0.05, 0.1) is 25.0 Å². The Morgan fingerprint density at radius 2 is 1.77 bits per heavy atom. The molecule has 1 amide bonds. The van der Waals surface area contributed by atoms with Crippen molar-refractivity contribution in [2.75, 3.05) is 19.7 Å². The standard InChI is InChI=1S/C24H22N4O2S/c1-27-15-19(14-25-27)20-16-28(12-13-30-20)24(29)22-21(17-8-4-2-5-9-17)26-23(31-22)18-10-6-3-7-11-18/h2-11,14-15,20H,12-13,16H2,1H3/t20-/m1/s1. The van der Waals surface area contributed by atoms with Gasteiger partial charge in [0, 0.05) is 36.5 Å². The third-order valence-corrected chi connectivity index (χ3v) is 6.43. The second-order valence-electron chi connectivity index (χ2n) is 7.49. The van der Waals surface area contributed by atoms with Gasteiger partial charge in [-0.2, -0.15) is 5.10 Å². The lowest BCUT2D eigenvalue weighted by molar-refractivity contribution is -0.0226. The normalized spacial score (nSPS) is 16.4. The van der Waals surface area contributed by atoms with E-state index in [0.717, 1.165) is 27.4 Å². The molecule has 1 aliphatic rings. The molecule has 4 aromatic rings. The molecular formula is C24H22N4O2S. The number of thiazole rings is 1. The van der Waals surface area contributed by atoms with Crippen LogP contribution in [0.15, 0.2) is 73.1 Å². The second-order valence-corrected chi connectivity index (χ2v) is 8.49. The minimum absolute atomic E-state index is 0.00396. The Hall–Kier alpha value is -3.29. The summed E-state index contributed by atoms with van der Waals surface area (Å²) >= 11 is 1.45. The van der Waals surface area contributed by atoms with Crippen molar-refractivity contribution >= 4 is 17.2 Å². The fourth-order valence-electron chi connectivity index (χ4n) is 3.75. The lowest BCUT2D eigenvalue weighted by Gasteiger charge is -2.32. The lowest BCUT2D eigenvalue weighted by Crippen LogP contribution is -2.42. The number of hydrogen-bond donors (Lipinski definition) is 0. The summed E-state index contributed by atoms with van der Waals surface area (Å²) in [6, 6.07) is 19.9. The predicted octanol–water partition coefficient (Wildman–Crippen LogP) is 4.42. The molecule has 0 spiro atoms. The highest BCUT2D eigenvalue weighted by Crippen LogP contribution is 2.35. The number of aryl methyl sites for hydroxylation is 1. The van der Waals surface area contributed by atoms with Crippen LogP contribution in [0.1, 0.15) is 21.3 Å². The van der Waals surface area contributed by atoms with E-state index in [4.69, 9.17) is 9.72 Å². The summed E-state index contributed by atoms with van der Waals surface area (Å²) in [4.78, 5) is 21.0. The van der Waals surface area contributed by atoms with E-state index in [1.54, 1.807) is 10.9 Å². The van der Waals surface area contributed by atoms with Gasteiger partial charge in [0.2, 0.25) is 0 Å². The van der Waals surface area contributed by atoms with E-state index in [2.05, 4.69) is 5.10 Å². The average Bonchev–Trinajstić information content (AvgIpc) is 3.47. The van der Waals surface area contributed by atoms with Crippen molar-refractivity contribution in [3.63, 3.8) is 0 Å². The molecular weight excluding hydrogens is 408 g/mol. The number of amides is 1. The molecule has 156 valence electrons. The molecule has 6 nitrogen and oxygen atoms in total. The molecule has 2 aromatic carbocycles. The summed E-state index contributed by atoms with van der Waals surface area (Å²) in [6.07, 6.45) is 3.57. The topological polar surface area (TPSA) is 60.2 Å². The van der Waals surface area contributed by atoms with Crippen molar-refractivity contribution in [3.05, 3.63) is 83.5 Å². The third-order valence-electron chi connectivity index (χ3n) is 5.34. The number of aromatic nitrogens is 3. The molecule has 5 rings (SSSR count). The zero-order chi connectivity index (χ0) is 21.2. The number of nitrogens with zero attached hydrogens (tertiary/aromatic N) is 4. The molecule has 0 aliphatic carbocycles. The van der Waals surface area contributed by atoms with Crippen molar-refractivity contribution in [1.82, 2.24) is 19.7 Å². The SMILES string of the molecule is Cn1cc([C@H]2CN(C(=O)c3sc(-c4ccccc4)nc3-c3ccccc3)CCO2)cn1. The summed E-state index contributed by atoms with van der Waals surface area (Å²) in [7, 11) is 1.88. The predicted molar refractivity (Wildman–Crippen MR) is 121 cm³/mol. The van der Waals surface area contributed by atoms with Gasteiger partial charge in [-0.05, 0) is 0 Å². The summed E-state index contributed by atoms with van der Waals surface area (Å²) in [5.74, 6) is -0.00396. The number of hydrogen-bond acceptors (Lipinski definition) is 5. The second kappa shape index (κ2) is 8.45. The minimum atomic E-state index is -0.173. The highest BCUT2D eigenvalue weighted by molar-refractivity contribution is 7.17. The first-order valence-electron chi connectivity index (χ1n) is 10.2. The average molecular weight is 431 g/mol. The Morgan fingerprint density at radius 1 is 1.06 bits per heavy atom. The van der Waals surface area contributed by atoms with Gasteiger partial charge < -0.3 is 9.64 Å². The molecule has 1 atom stereocenters. The Bertz CT molecular complexity index is 1190. The van der Waals surface area contributed by atoms with Crippen LogP contribution in [0.3, 0.4) is 0 Å². The monoisotopic (exact) mass is 430 g/mol. The first-order valence-corrected chi connectivity index (χ1v) is 11.0. The maximum absolute atomic E-state index is 13.6. The van der Waals surface area contributed by atoms with E-state index in [9.17, 15) is 4.79 Å². The molecule has 7 heteroatoms. The van der Waals surface area contributed by atoms with Crippen LogP contribution in [0, 0.1) is 0 Å². The van der Waals surface area contributed by atoms with E-state index in [1.165, 1.54) is 11.3 Å². The van der Waals surface area contributed by atoms with Crippen molar-refractivity contribution in [2.45, 2.75) is 6.10 Å². The van der Waals surface area contributed by atoms with Gasteiger partial charge in [-0.15, -0.1) is 11.3 Å². The highest BCUT2D eigenvalue weighted by Gasteiger charge is 2.30. The first kappa shape index (κ1) is 19.7. The molecule has 1 aliphatic heterocycles. The van der Waals surface area contributed by atoms with Crippen molar-refractivity contribution in [3.8, 4) is 21.8 Å². The van der Waals surface area contributed by atoms with E-state index >= 15 is 0 Å². The van der Waals surface area contributed by atoms with Gasteiger partial charge in [-0.25, -0.2) is 4.98 Å². The number of carbonyl (C=O) groups is 1. The van der Waals surface area contributed by atoms with Gasteiger partial charge in [-0.3, -0.25) is 9.48 Å². The van der Waals surface area contributed by atoms with E-state index < -0.39 is 0 Å². The van der Waals surface area contributed by atoms with Crippen LogP contribution >= 0.6 is 11.3 Å². The molecule has 31 heavy (non-hydrogen) atoms. The van der Waals surface area contributed by atoms with Crippen molar-refractivity contribution < 1.29 is 9.53 Å². The fraction of sp³-hybridized carbons (Fsp3) is 0.208. The van der Waals surface area contributed by atoms with E-state index in [0.29, 0.717) is 24.6 Å². The van der Waals surface area contributed by atoms with Crippen LogP contribution in [0.25, 0.3) is 21.8 Å². The summed E-state index contributed by atoms with van der Waals surface area (Å²) < 4.78 is 7.68. The maximum Gasteiger partial charge on any atom is 0.266 e. The first-order chi connectivity index (χ1) is 15.2. The Labute approximate surface area is 184 Å². The zero-order valence-electron chi connectivity index (χ0n) is 17.1. The minimum Gasteiger partial charge on any atom is -0.370 e. The summed E-state index contributed by atoms with van der Waals surface area (Å²) in [6.45, 7) is 1.55. The Balaban J connectivity index is 1.49. The van der Waals surface area contributed by atoms with Crippen molar-refractivity contribution in [1.29, 1.82) is 0 Å². The summed E-state index contributed by atoms with van der Waals surface area (Å²) in [5.41, 5.74) is 3.68. The lowest BCUT2D eigenvalue weighted by atomic mass is 10.1. The van der Waals surface area contributed by atoms with Crippen LogP contribution in [0.2, 0.25) is 0 Å². The van der Waals surface area contributed by atoms with Crippen LogP contribution < -0.4 is 0 Å². The van der Waals surface area contributed by atoms with Gasteiger partial charge in [0.25, 0.3) is 5.91 Å².